The summed E-state index contributed by atoms with van der Waals surface area (Å²) in [5.41, 5.74) is 2.84. The Morgan fingerprint density at radius 1 is 0.967 bits per heavy atom. The number of fused-ring (bicyclic) bond motifs is 2. The number of aliphatic hydroxyl groups excluding tert-OH is 1. The molecule has 1 spiro atoms. The van der Waals surface area contributed by atoms with Gasteiger partial charge in [-0.1, -0.05) is 48.5 Å². The van der Waals surface area contributed by atoms with Crippen LogP contribution in [-0.2, 0) is 13.0 Å². The van der Waals surface area contributed by atoms with Crippen molar-refractivity contribution in [3.05, 3.63) is 65.7 Å². The minimum Gasteiger partial charge on any atom is -0.496 e. The Labute approximate surface area is 179 Å². The van der Waals surface area contributed by atoms with Gasteiger partial charge in [0.15, 0.2) is 0 Å². The zero-order chi connectivity index (χ0) is 20.6. The highest BCUT2D eigenvalue weighted by atomic mass is 16.5. The summed E-state index contributed by atoms with van der Waals surface area (Å²) >= 11 is 0. The van der Waals surface area contributed by atoms with Gasteiger partial charge in [0, 0.05) is 57.4 Å². The third-order valence-electron chi connectivity index (χ3n) is 7.17. The van der Waals surface area contributed by atoms with Crippen LogP contribution in [0.25, 0.3) is 0 Å². The quantitative estimate of drug-likeness (QED) is 0.795. The first-order valence-corrected chi connectivity index (χ1v) is 11.2. The van der Waals surface area contributed by atoms with Crippen LogP contribution in [0.5, 0.6) is 5.75 Å². The standard InChI is InChI=1S/C25H33N3O2/c1-30-24-10-6-5-9-21(24)14-27-18-25(19-27)17-26(12-11-20-7-3-2-4-8-20)15-22-13-23(29)16-28(22)25/h2-10,22-23,29H,11-19H2,1H3/t22-,23-/m1/s1. The van der Waals surface area contributed by atoms with Crippen molar-refractivity contribution in [1.29, 1.82) is 0 Å². The van der Waals surface area contributed by atoms with Crippen LogP contribution in [0.15, 0.2) is 54.6 Å². The van der Waals surface area contributed by atoms with E-state index in [0.29, 0.717) is 6.04 Å². The molecule has 5 heteroatoms. The van der Waals surface area contributed by atoms with Gasteiger partial charge in [-0.15, -0.1) is 0 Å². The Bertz CT molecular complexity index is 852. The SMILES string of the molecule is COc1ccccc1CN1CC2(CN(CCc3ccccc3)C[C@H]3C[C@@H](O)CN32)C1. The number of aliphatic hydroxyl groups is 1. The number of β-amino-alcohol motifs (C(OH)–C–C–N with tert-alkyl or cyclic N) is 1. The molecule has 160 valence electrons. The van der Waals surface area contributed by atoms with Crippen LogP contribution in [0.4, 0.5) is 0 Å². The average Bonchev–Trinajstić information content (AvgIpc) is 3.13. The van der Waals surface area contributed by atoms with Crippen molar-refractivity contribution in [2.75, 3.05) is 46.4 Å². The fourth-order valence-electron chi connectivity index (χ4n) is 5.87. The van der Waals surface area contributed by atoms with Gasteiger partial charge in [-0.2, -0.15) is 0 Å². The molecule has 0 radical (unpaired) electrons. The second-order valence-electron chi connectivity index (χ2n) is 9.35. The highest BCUT2D eigenvalue weighted by Crippen LogP contribution is 2.40. The number of benzene rings is 2. The predicted molar refractivity (Wildman–Crippen MR) is 119 cm³/mol. The Morgan fingerprint density at radius 3 is 2.50 bits per heavy atom. The Morgan fingerprint density at radius 2 is 1.70 bits per heavy atom. The molecule has 0 bridgehead atoms. The van der Waals surface area contributed by atoms with Crippen molar-refractivity contribution in [2.24, 2.45) is 0 Å². The monoisotopic (exact) mass is 407 g/mol. The predicted octanol–water partition coefficient (Wildman–Crippen LogP) is 2.24. The molecule has 2 aromatic rings. The van der Waals surface area contributed by atoms with Gasteiger partial charge >= 0.3 is 0 Å². The number of hydrogen-bond acceptors (Lipinski definition) is 5. The van der Waals surface area contributed by atoms with Crippen molar-refractivity contribution >= 4 is 0 Å². The molecule has 0 saturated carbocycles. The molecule has 3 aliphatic heterocycles. The van der Waals surface area contributed by atoms with Gasteiger partial charge < -0.3 is 9.84 Å². The molecule has 1 N–H and O–H groups in total. The van der Waals surface area contributed by atoms with Gasteiger partial charge in [0.05, 0.1) is 18.8 Å². The van der Waals surface area contributed by atoms with Gasteiger partial charge in [0.1, 0.15) is 5.75 Å². The van der Waals surface area contributed by atoms with E-state index in [0.717, 1.165) is 64.4 Å². The molecule has 30 heavy (non-hydrogen) atoms. The lowest BCUT2D eigenvalue weighted by atomic mass is 9.83. The summed E-state index contributed by atoms with van der Waals surface area (Å²) in [6.07, 6.45) is 1.83. The molecule has 0 unspecified atom stereocenters. The maximum atomic E-state index is 10.4. The summed E-state index contributed by atoms with van der Waals surface area (Å²) in [4.78, 5) is 7.81. The number of hydrogen-bond donors (Lipinski definition) is 1. The lowest BCUT2D eigenvalue weighted by Crippen LogP contribution is -2.77. The number of nitrogens with zero attached hydrogens (tertiary/aromatic N) is 3. The number of ether oxygens (including phenoxy) is 1. The normalized spacial score (nSPS) is 26.5. The fourth-order valence-corrected chi connectivity index (χ4v) is 5.87. The molecular formula is C25H33N3O2. The summed E-state index contributed by atoms with van der Waals surface area (Å²) in [5, 5.41) is 10.4. The van der Waals surface area contributed by atoms with Gasteiger partial charge in [-0.05, 0) is 24.5 Å². The number of likely N-dealkylation sites (tertiary alicyclic amines) is 1. The third-order valence-corrected chi connectivity index (χ3v) is 7.17. The lowest BCUT2D eigenvalue weighted by molar-refractivity contribution is -0.116. The number of para-hydroxylation sites is 1. The van der Waals surface area contributed by atoms with Crippen molar-refractivity contribution < 1.29 is 9.84 Å². The molecule has 2 atom stereocenters. The topological polar surface area (TPSA) is 39.2 Å². The molecule has 0 aromatic heterocycles. The first-order valence-electron chi connectivity index (χ1n) is 11.2. The molecule has 3 heterocycles. The van der Waals surface area contributed by atoms with Crippen LogP contribution < -0.4 is 4.74 Å². The molecule has 3 saturated heterocycles. The second-order valence-corrected chi connectivity index (χ2v) is 9.35. The van der Waals surface area contributed by atoms with Gasteiger partial charge in [-0.3, -0.25) is 14.7 Å². The van der Waals surface area contributed by atoms with Crippen molar-refractivity contribution in [3.63, 3.8) is 0 Å². The van der Waals surface area contributed by atoms with E-state index in [2.05, 4.69) is 57.2 Å². The first-order chi connectivity index (χ1) is 14.6. The van der Waals surface area contributed by atoms with Gasteiger partial charge in [-0.25, -0.2) is 0 Å². The van der Waals surface area contributed by atoms with Gasteiger partial charge in [0.2, 0.25) is 0 Å². The maximum absolute atomic E-state index is 10.4. The summed E-state index contributed by atoms with van der Waals surface area (Å²) < 4.78 is 5.55. The van der Waals surface area contributed by atoms with Crippen molar-refractivity contribution in [1.82, 2.24) is 14.7 Å². The Hall–Kier alpha value is -1.92. The van der Waals surface area contributed by atoms with E-state index in [1.807, 2.05) is 12.1 Å². The van der Waals surface area contributed by atoms with Crippen LogP contribution in [0.3, 0.4) is 0 Å². The van der Waals surface area contributed by atoms with E-state index < -0.39 is 0 Å². The number of methoxy groups -OCH3 is 1. The van der Waals surface area contributed by atoms with Crippen LogP contribution in [-0.4, -0.2) is 83.9 Å². The first kappa shape index (κ1) is 20.0. The van der Waals surface area contributed by atoms with Crippen LogP contribution in [0.1, 0.15) is 17.5 Å². The van der Waals surface area contributed by atoms with E-state index in [9.17, 15) is 5.11 Å². The van der Waals surface area contributed by atoms with Crippen molar-refractivity contribution in [2.45, 2.75) is 37.1 Å². The second kappa shape index (κ2) is 8.31. The zero-order valence-electron chi connectivity index (χ0n) is 17.9. The Balaban J connectivity index is 1.26. The van der Waals surface area contributed by atoms with Gasteiger partial charge in [0.25, 0.3) is 0 Å². The average molecular weight is 408 g/mol. The molecule has 2 aromatic carbocycles. The largest absolute Gasteiger partial charge is 0.496 e. The highest BCUT2D eigenvalue weighted by molar-refractivity contribution is 5.33. The molecular weight excluding hydrogens is 374 g/mol. The van der Waals surface area contributed by atoms with Crippen LogP contribution >= 0.6 is 0 Å². The summed E-state index contributed by atoms with van der Waals surface area (Å²) in [5.74, 6) is 0.973. The zero-order valence-corrected chi connectivity index (χ0v) is 17.9. The van der Waals surface area contributed by atoms with E-state index in [1.165, 1.54) is 11.1 Å². The van der Waals surface area contributed by atoms with E-state index in [-0.39, 0.29) is 11.6 Å². The lowest BCUT2D eigenvalue weighted by Gasteiger charge is -2.61. The van der Waals surface area contributed by atoms with E-state index >= 15 is 0 Å². The highest BCUT2D eigenvalue weighted by Gasteiger charge is 2.55. The third kappa shape index (κ3) is 3.87. The number of piperazine rings is 1. The smallest absolute Gasteiger partial charge is 0.123 e. The molecule has 0 aliphatic carbocycles. The van der Waals surface area contributed by atoms with Crippen LogP contribution in [0, 0.1) is 0 Å². The summed E-state index contributed by atoms with van der Waals surface area (Å²) in [7, 11) is 1.75. The van der Waals surface area contributed by atoms with Crippen LogP contribution in [0.2, 0.25) is 0 Å². The molecule has 5 rings (SSSR count). The molecule has 3 aliphatic rings. The van der Waals surface area contributed by atoms with E-state index in [4.69, 9.17) is 4.74 Å². The molecule has 3 fully saturated rings. The molecule has 0 amide bonds. The molecule has 5 nitrogen and oxygen atoms in total. The fraction of sp³-hybridized carbons (Fsp3) is 0.520. The Kier molecular flexibility index (Phi) is 5.54. The number of rotatable bonds is 6. The summed E-state index contributed by atoms with van der Waals surface area (Å²) in [6, 6.07) is 19.6. The van der Waals surface area contributed by atoms with E-state index in [1.54, 1.807) is 7.11 Å². The van der Waals surface area contributed by atoms with Crippen molar-refractivity contribution in [3.8, 4) is 5.75 Å². The maximum Gasteiger partial charge on any atom is 0.123 e. The minimum absolute atomic E-state index is 0.177. The minimum atomic E-state index is -0.177. The summed E-state index contributed by atoms with van der Waals surface area (Å²) in [6.45, 7) is 7.17.